The molecule has 2 rings (SSSR count). The van der Waals surface area contributed by atoms with E-state index in [-0.39, 0.29) is 5.75 Å². The summed E-state index contributed by atoms with van der Waals surface area (Å²) >= 11 is 1.36. The molecule has 128 valence electrons. The van der Waals surface area contributed by atoms with Crippen LogP contribution in [0.15, 0.2) is 35.2 Å². The van der Waals surface area contributed by atoms with Crippen LogP contribution in [0, 0.1) is 11.3 Å². The zero-order valence-electron chi connectivity index (χ0n) is 13.8. The molecule has 0 spiro atoms. The number of nitrogens with zero attached hydrogens (tertiary/aromatic N) is 1. The Kier molecular flexibility index (Phi) is 6.68. The van der Waals surface area contributed by atoms with Crippen LogP contribution in [-0.2, 0) is 14.3 Å². The Morgan fingerprint density at radius 1 is 1.29 bits per heavy atom. The number of nitrogens with one attached hydrogen (secondary N) is 1. The van der Waals surface area contributed by atoms with Crippen molar-refractivity contribution in [3.8, 4) is 6.07 Å². The Balaban J connectivity index is 1.80. The number of thioether (sulfide) groups is 1. The summed E-state index contributed by atoms with van der Waals surface area (Å²) in [4.78, 5) is 25.1. The number of carbonyl (C=O) groups is 2. The standard InChI is InChI=1S/C18H22N2O3S/c1-14(17(22)20-18(13-19)10-6-3-7-11-18)23-16(21)12-24-15-8-4-2-5-9-15/h2,4-5,8-9,14H,3,6-7,10-12H2,1H3,(H,20,22)/t14-/m0/s1. The highest BCUT2D eigenvalue weighted by atomic mass is 32.2. The largest absolute Gasteiger partial charge is 0.452 e. The highest BCUT2D eigenvalue weighted by Gasteiger charge is 2.35. The van der Waals surface area contributed by atoms with Crippen molar-refractivity contribution in [1.29, 1.82) is 5.26 Å². The van der Waals surface area contributed by atoms with Crippen molar-refractivity contribution in [3.05, 3.63) is 30.3 Å². The minimum Gasteiger partial charge on any atom is -0.452 e. The van der Waals surface area contributed by atoms with E-state index < -0.39 is 23.5 Å². The lowest BCUT2D eigenvalue weighted by atomic mass is 9.83. The number of hydrogen-bond acceptors (Lipinski definition) is 5. The van der Waals surface area contributed by atoms with E-state index in [1.165, 1.54) is 18.7 Å². The van der Waals surface area contributed by atoms with E-state index in [1.807, 2.05) is 30.3 Å². The van der Waals surface area contributed by atoms with Gasteiger partial charge in [-0.2, -0.15) is 5.26 Å². The van der Waals surface area contributed by atoms with Crippen LogP contribution in [0.4, 0.5) is 0 Å². The van der Waals surface area contributed by atoms with Crippen molar-refractivity contribution >= 4 is 23.6 Å². The summed E-state index contributed by atoms with van der Waals surface area (Å²) in [7, 11) is 0. The average molecular weight is 346 g/mol. The fourth-order valence-corrected chi connectivity index (χ4v) is 3.40. The summed E-state index contributed by atoms with van der Waals surface area (Å²) in [5.74, 6) is -0.706. The lowest BCUT2D eigenvalue weighted by Gasteiger charge is -2.32. The Bertz CT molecular complexity index is 606. The van der Waals surface area contributed by atoms with Crippen LogP contribution in [-0.4, -0.2) is 29.3 Å². The van der Waals surface area contributed by atoms with Gasteiger partial charge in [0.25, 0.3) is 5.91 Å². The third-order valence-electron chi connectivity index (χ3n) is 4.06. The smallest absolute Gasteiger partial charge is 0.317 e. The van der Waals surface area contributed by atoms with Gasteiger partial charge in [-0.25, -0.2) is 0 Å². The van der Waals surface area contributed by atoms with Gasteiger partial charge in [-0.3, -0.25) is 9.59 Å². The van der Waals surface area contributed by atoms with Crippen LogP contribution in [0.5, 0.6) is 0 Å². The zero-order valence-corrected chi connectivity index (χ0v) is 14.6. The van der Waals surface area contributed by atoms with Gasteiger partial charge in [-0.05, 0) is 31.9 Å². The topological polar surface area (TPSA) is 79.2 Å². The molecule has 1 aliphatic carbocycles. The Morgan fingerprint density at radius 2 is 1.96 bits per heavy atom. The molecular weight excluding hydrogens is 324 g/mol. The molecule has 0 aliphatic heterocycles. The Hall–Kier alpha value is -2.00. The predicted molar refractivity (Wildman–Crippen MR) is 92.3 cm³/mol. The fourth-order valence-electron chi connectivity index (χ4n) is 2.70. The molecule has 0 saturated heterocycles. The molecule has 1 aromatic rings. The summed E-state index contributed by atoms with van der Waals surface area (Å²) in [6, 6.07) is 11.8. The van der Waals surface area contributed by atoms with Gasteiger partial charge in [0.05, 0.1) is 11.8 Å². The van der Waals surface area contributed by atoms with Crippen LogP contribution in [0.2, 0.25) is 0 Å². The minimum absolute atomic E-state index is 0.144. The molecular formula is C18H22N2O3S. The van der Waals surface area contributed by atoms with Crippen molar-refractivity contribution in [2.24, 2.45) is 0 Å². The van der Waals surface area contributed by atoms with Gasteiger partial charge >= 0.3 is 5.97 Å². The number of hydrogen-bond donors (Lipinski definition) is 1. The summed E-state index contributed by atoms with van der Waals surface area (Å²) in [5, 5.41) is 12.2. The minimum atomic E-state index is -0.902. The second-order valence-electron chi connectivity index (χ2n) is 5.98. The molecule has 1 saturated carbocycles. The quantitative estimate of drug-likeness (QED) is 0.632. The van der Waals surface area contributed by atoms with E-state index in [1.54, 1.807) is 0 Å². The van der Waals surface area contributed by atoms with Crippen LogP contribution < -0.4 is 5.32 Å². The third kappa shape index (κ3) is 5.27. The van der Waals surface area contributed by atoms with E-state index in [4.69, 9.17) is 4.74 Å². The molecule has 1 atom stereocenters. The van der Waals surface area contributed by atoms with Gasteiger partial charge in [0, 0.05) is 4.90 Å². The number of rotatable bonds is 6. The number of benzene rings is 1. The summed E-state index contributed by atoms with van der Waals surface area (Å²) in [6.07, 6.45) is 3.34. The van der Waals surface area contributed by atoms with E-state index in [0.29, 0.717) is 12.8 Å². The van der Waals surface area contributed by atoms with Crippen molar-refractivity contribution in [2.45, 2.75) is 55.6 Å². The predicted octanol–water partition coefficient (Wildman–Crippen LogP) is 3.05. The molecule has 1 aliphatic rings. The SMILES string of the molecule is C[C@H](OC(=O)CSc1ccccc1)C(=O)NC1(C#N)CCCCC1. The monoisotopic (exact) mass is 346 g/mol. The van der Waals surface area contributed by atoms with Crippen LogP contribution in [0.25, 0.3) is 0 Å². The van der Waals surface area contributed by atoms with Crippen LogP contribution >= 0.6 is 11.8 Å². The molecule has 24 heavy (non-hydrogen) atoms. The van der Waals surface area contributed by atoms with Crippen molar-refractivity contribution in [3.63, 3.8) is 0 Å². The van der Waals surface area contributed by atoms with Crippen molar-refractivity contribution in [1.82, 2.24) is 5.32 Å². The van der Waals surface area contributed by atoms with Gasteiger partial charge < -0.3 is 10.1 Å². The molecule has 0 heterocycles. The van der Waals surface area contributed by atoms with Gasteiger partial charge in [-0.1, -0.05) is 37.5 Å². The second-order valence-corrected chi connectivity index (χ2v) is 7.03. The normalized spacial score (nSPS) is 17.3. The highest BCUT2D eigenvalue weighted by Crippen LogP contribution is 2.27. The molecule has 0 aromatic heterocycles. The first-order valence-electron chi connectivity index (χ1n) is 8.15. The van der Waals surface area contributed by atoms with Crippen molar-refractivity contribution < 1.29 is 14.3 Å². The number of esters is 1. The lowest BCUT2D eigenvalue weighted by Crippen LogP contribution is -2.52. The van der Waals surface area contributed by atoms with E-state index in [2.05, 4.69) is 11.4 Å². The maximum Gasteiger partial charge on any atom is 0.317 e. The molecule has 5 nitrogen and oxygen atoms in total. The fraction of sp³-hybridized carbons (Fsp3) is 0.500. The van der Waals surface area contributed by atoms with E-state index in [9.17, 15) is 14.9 Å². The third-order valence-corrected chi connectivity index (χ3v) is 5.05. The van der Waals surface area contributed by atoms with E-state index >= 15 is 0 Å². The lowest BCUT2D eigenvalue weighted by molar-refractivity contribution is -0.152. The van der Waals surface area contributed by atoms with Crippen LogP contribution in [0.1, 0.15) is 39.0 Å². The van der Waals surface area contributed by atoms with Gasteiger partial charge in [0.15, 0.2) is 6.10 Å². The molecule has 1 amide bonds. The number of ether oxygens (including phenoxy) is 1. The zero-order chi connectivity index (χ0) is 17.4. The maximum atomic E-state index is 12.2. The van der Waals surface area contributed by atoms with Gasteiger partial charge in [-0.15, -0.1) is 11.8 Å². The van der Waals surface area contributed by atoms with E-state index in [0.717, 1.165) is 24.2 Å². The molecule has 6 heteroatoms. The summed E-state index contributed by atoms with van der Waals surface area (Å²) < 4.78 is 5.18. The highest BCUT2D eigenvalue weighted by molar-refractivity contribution is 8.00. The second kappa shape index (κ2) is 8.74. The molecule has 1 N–H and O–H groups in total. The number of nitriles is 1. The number of amides is 1. The maximum absolute atomic E-state index is 12.2. The summed E-state index contributed by atoms with van der Waals surface area (Å²) in [6.45, 7) is 1.54. The first kappa shape index (κ1) is 18.3. The Morgan fingerprint density at radius 3 is 2.58 bits per heavy atom. The molecule has 0 unspecified atom stereocenters. The Labute approximate surface area is 146 Å². The first-order valence-corrected chi connectivity index (χ1v) is 9.14. The molecule has 0 bridgehead atoms. The molecule has 0 radical (unpaired) electrons. The van der Waals surface area contributed by atoms with Crippen molar-refractivity contribution in [2.75, 3.05) is 5.75 Å². The number of carbonyl (C=O) groups excluding carboxylic acids is 2. The van der Waals surface area contributed by atoms with Crippen LogP contribution in [0.3, 0.4) is 0 Å². The van der Waals surface area contributed by atoms with Gasteiger partial charge in [0.2, 0.25) is 0 Å². The molecule has 1 aromatic carbocycles. The first-order chi connectivity index (χ1) is 11.5. The molecule has 1 fully saturated rings. The van der Waals surface area contributed by atoms with Gasteiger partial charge in [0.1, 0.15) is 5.54 Å². The summed E-state index contributed by atoms with van der Waals surface area (Å²) in [5.41, 5.74) is -0.811. The average Bonchev–Trinajstić information content (AvgIpc) is 2.61.